The largest absolute Gasteiger partial charge is 0.332 e. The van der Waals surface area contributed by atoms with Gasteiger partial charge in [-0.3, -0.25) is 14.9 Å². The maximum absolute atomic E-state index is 12.3. The predicted octanol–water partition coefficient (Wildman–Crippen LogP) is 4.07. The zero-order valence-electron chi connectivity index (χ0n) is 13.9. The molecule has 0 heterocycles. The molecule has 0 aliphatic rings. The molecular weight excluding hydrogens is 449 g/mol. The Morgan fingerprint density at radius 1 is 1.08 bits per heavy atom. The van der Waals surface area contributed by atoms with Gasteiger partial charge in [-0.1, -0.05) is 19.1 Å². The van der Waals surface area contributed by atoms with Gasteiger partial charge < -0.3 is 10.6 Å². The van der Waals surface area contributed by atoms with Crippen molar-refractivity contribution in [3.05, 3.63) is 57.2 Å². The number of nitrogens with one attached hydrogen (secondary N) is 3. The van der Waals surface area contributed by atoms with E-state index in [1.807, 2.05) is 19.1 Å². The van der Waals surface area contributed by atoms with Crippen molar-refractivity contribution in [2.45, 2.75) is 20.3 Å². The Morgan fingerprint density at radius 3 is 2.40 bits per heavy atom. The Kier molecular flexibility index (Phi) is 6.89. The first-order valence-corrected chi connectivity index (χ1v) is 9.16. The van der Waals surface area contributed by atoms with Crippen molar-refractivity contribution in [2.24, 2.45) is 0 Å². The molecule has 0 aliphatic heterocycles. The molecule has 5 nitrogen and oxygen atoms in total. The number of anilines is 2. The van der Waals surface area contributed by atoms with E-state index in [0.717, 1.165) is 9.13 Å². The third-order valence-electron chi connectivity index (χ3n) is 3.39. The molecule has 7 heteroatoms. The summed E-state index contributed by atoms with van der Waals surface area (Å²) in [7, 11) is 0. The van der Waals surface area contributed by atoms with E-state index >= 15 is 0 Å². The summed E-state index contributed by atoms with van der Waals surface area (Å²) in [4.78, 5) is 23.7. The summed E-state index contributed by atoms with van der Waals surface area (Å²) < 4.78 is 1.02. The van der Waals surface area contributed by atoms with E-state index in [4.69, 9.17) is 12.2 Å². The van der Waals surface area contributed by atoms with Crippen LogP contribution >= 0.6 is 34.8 Å². The zero-order valence-corrected chi connectivity index (χ0v) is 16.8. The molecule has 25 heavy (non-hydrogen) atoms. The lowest BCUT2D eigenvalue weighted by molar-refractivity contribution is -0.115. The molecular formula is C18H18IN3O2S. The van der Waals surface area contributed by atoms with E-state index in [1.54, 1.807) is 37.3 Å². The highest BCUT2D eigenvalue weighted by molar-refractivity contribution is 14.1. The third-order valence-corrected chi connectivity index (χ3v) is 4.75. The van der Waals surface area contributed by atoms with Crippen molar-refractivity contribution >= 4 is 63.1 Å². The van der Waals surface area contributed by atoms with Crippen LogP contribution in [-0.2, 0) is 4.79 Å². The zero-order chi connectivity index (χ0) is 18.4. The molecule has 0 atom stereocenters. The molecule has 0 aliphatic carbocycles. The minimum atomic E-state index is -0.272. The predicted molar refractivity (Wildman–Crippen MR) is 113 cm³/mol. The van der Waals surface area contributed by atoms with Crippen molar-refractivity contribution in [1.29, 1.82) is 0 Å². The van der Waals surface area contributed by atoms with Crippen LogP contribution < -0.4 is 16.0 Å². The van der Waals surface area contributed by atoms with Crippen LogP contribution in [0.3, 0.4) is 0 Å². The molecule has 2 amide bonds. The maximum atomic E-state index is 12.3. The molecule has 130 valence electrons. The van der Waals surface area contributed by atoms with Crippen LogP contribution in [0.5, 0.6) is 0 Å². The number of carbonyl (C=O) groups is 2. The van der Waals surface area contributed by atoms with E-state index in [2.05, 4.69) is 38.5 Å². The highest BCUT2D eigenvalue weighted by atomic mass is 127. The van der Waals surface area contributed by atoms with Crippen LogP contribution in [0.1, 0.15) is 29.3 Å². The summed E-state index contributed by atoms with van der Waals surface area (Å²) in [5, 5.41) is 8.57. The summed E-state index contributed by atoms with van der Waals surface area (Å²) in [6.07, 6.45) is 0.404. The highest BCUT2D eigenvalue weighted by Gasteiger charge is 2.09. The van der Waals surface area contributed by atoms with Crippen LogP contribution in [0.25, 0.3) is 0 Å². The minimum Gasteiger partial charge on any atom is -0.332 e. The van der Waals surface area contributed by atoms with Crippen LogP contribution in [0.2, 0.25) is 0 Å². The van der Waals surface area contributed by atoms with E-state index < -0.39 is 0 Å². The molecule has 2 aromatic rings. The van der Waals surface area contributed by atoms with Crippen molar-refractivity contribution in [1.82, 2.24) is 5.32 Å². The molecule has 0 aromatic heterocycles. The monoisotopic (exact) mass is 467 g/mol. The second kappa shape index (κ2) is 8.91. The Bertz CT molecular complexity index is 824. The summed E-state index contributed by atoms with van der Waals surface area (Å²) in [6.45, 7) is 3.77. The maximum Gasteiger partial charge on any atom is 0.257 e. The first kappa shape index (κ1) is 19.3. The first-order chi connectivity index (χ1) is 11.9. The first-order valence-electron chi connectivity index (χ1n) is 7.67. The molecule has 3 N–H and O–H groups in total. The minimum absolute atomic E-state index is 0.0676. The van der Waals surface area contributed by atoms with E-state index in [-0.39, 0.29) is 16.9 Å². The van der Waals surface area contributed by atoms with Crippen LogP contribution in [0.15, 0.2) is 42.5 Å². The molecule has 2 rings (SSSR count). The Hall–Kier alpha value is -2.00. The van der Waals surface area contributed by atoms with Gasteiger partial charge in [-0.2, -0.15) is 0 Å². The van der Waals surface area contributed by atoms with Gasteiger partial charge in [0, 0.05) is 26.9 Å². The summed E-state index contributed by atoms with van der Waals surface area (Å²) in [5.41, 5.74) is 3.00. The Morgan fingerprint density at radius 2 is 1.76 bits per heavy atom. The quantitative estimate of drug-likeness (QED) is 0.469. The lowest BCUT2D eigenvalue weighted by atomic mass is 10.1. The molecule has 0 radical (unpaired) electrons. The number of halogens is 1. The summed E-state index contributed by atoms with van der Waals surface area (Å²) >= 11 is 7.38. The molecule has 2 aromatic carbocycles. The molecule has 0 spiro atoms. The smallest absolute Gasteiger partial charge is 0.257 e. The fourth-order valence-electron chi connectivity index (χ4n) is 2.00. The van der Waals surface area contributed by atoms with Gasteiger partial charge in [0.25, 0.3) is 5.91 Å². The van der Waals surface area contributed by atoms with Gasteiger partial charge >= 0.3 is 0 Å². The van der Waals surface area contributed by atoms with Crippen LogP contribution in [0, 0.1) is 10.5 Å². The van der Waals surface area contributed by atoms with Gasteiger partial charge in [0.15, 0.2) is 5.11 Å². The van der Waals surface area contributed by atoms with Crippen molar-refractivity contribution < 1.29 is 9.59 Å². The van der Waals surface area contributed by atoms with E-state index in [1.165, 1.54) is 0 Å². The molecule has 0 saturated carbocycles. The van der Waals surface area contributed by atoms with Crippen molar-refractivity contribution in [2.75, 3.05) is 10.6 Å². The molecule has 0 saturated heterocycles. The Labute approximate surface area is 165 Å². The van der Waals surface area contributed by atoms with Gasteiger partial charge in [-0.15, -0.1) is 0 Å². The SMILES string of the molecule is CCC(=O)Nc1cccc(NC(=S)NC(=O)c2ccc(C)c(I)c2)c1. The number of carbonyl (C=O) groups excluding carboxylic acids is 2. The number of rotatable bonds is 4. The number of aryl methyl sites for hydroxylation is 1. The lowest BCUT2D eigenvalue weighted by Gasteiger charge is -2.11. The summed E-state index contributed by atoms with van der Waals surface area (Å²) in [6, 6.07) is 12.6. The normalized spacial score (nSPS) is 10.0. The van der Waals surface area contributed by atoms with Gasteiger partial charge in [0.2, 0.25) is 5.91 Å². The second-order valence-electron chi connectivity index (χ2n) is 5.35. The number of benzene rings is 2. The van der Waals surface area contributed by atoms with Gasteiger partial charge in [-0.25, -0.2) is 0 Å². The highest BCUT2D eigenvalue weighted by Crippen LogP contribution is 2.16. The average molecular weight is 467 g/mol. The average Bonchev–Trinajstić information content (AvgIpc) is 2.57. The topological polar surface area (TPSA) is 70.2 Å². The molecule has 0 bridgehead atoms. The molecule has 0 unspecified atom stereocenters. The van der Waals surface area contributed by atoms with Crippen molar-refractivity contribution in [3.63, 3.8) is 0 Å². The van der Waals surface area contributed by atoms with Gasteiger partial charge in [-0.05, 0) is 77.6 Å². The third kappa shape index (κ3) is 5.79. The lowest BCUT2D eigenvalue weighted by Crippen LogP contribution is -2.34. The van der Waals surface area contributed by atoms with Gasteiger partial charge in [0.05, 0.1) is 0 Å². The number of hydrogen-bond donors (Lipinski definition) is 3. The van der Waals surface area contributed by atoms with Crippen molar-refractivity contribution in [3.8, 4) is 0 Å². The second-order valence-corrected chi connectivity index (χ2v) is 6.93. The standard InChI is InChI=1S/C18H18IN3O2S/c1-3-16(23)20-13-5-4-6-14(10-13)21-18(25)22-17(24)12-8-7-11(2)15(19)9-12/h4-10H,3H2,1-2H3,(H,20,23)(H2,21,22,24,25). The van der Waals surface area contributed by atoms with E-state index in [0.29, 0.717) is 23.4 Å². The van der Waals surface area contributed by atoms with Gasteiger partial charge in [0.1, 0.15) is 0 Å². The number of amides is 2. The Balaban J connectivity index is 1.99. The molecule has 0 fully saturated rings. The van der Waals surface area contributed by atoms with Crippen LogP contribution in [-0.4, -0.2) is 16.9 Å². The fraction of sp³-hybridized carbons (Fsp3) is 0.167. The summed E-state index contributed by atoms with van der Waals surface area (Å²) in [5.74, 6) is -0.340. The number of hydrogen-bond acceptors (Lipinski definition) is 3. The van der Waals surface area contributed by atoms with Crippen LogP contribution in [0.4, 0.5) is 11.4 Å². The van der Waals surface area contributed by atoms with E-state index in [9.17, 15) is 9.59 Å². The fourth-order valence-corrected chi connectivity index (χ4v) is 2.72. The number of thiocarbonyl (C=S) groups is 1.